The Kier molecular flexibility index (Phi) is 5.02. The Balaban J connectivity index is 1.67. The summed E-state index contributed by atoms with van der Waals surface area (Å²) in [6.45, 7) is 1.73. The number of pyridine rings is 1. The van der Waals surface area contributed by atoms with Crippen LogP contribution in [0.2, 0.25) is 0 Å². The highest BCUT2D eigenvalue weighted by molar-refractivity contribution is 6.05. The fourth-order valence-electron chi connectivity index (χ4n) is 2.22. The maximum Gasteiger partial charge on any atom is 0.258 e. The molecule has 0 bridgehead atoms. The van der Waals surface area contributed by atoms with Crippen molar-refractivity contribution in [3.63, 3.8) is 0 Å². The monoisotopic (exact) mass is 354 g/mol. The van der Waals surface area contributed by atoms with Crippen LogP contribution < -0.4 is 10.6 Å². The number of hydrogen-bond donors (Lipinski definition) is 2. The van der Waals surface area contributed by atoms with Crippen LogP contribution in [0.25, 0.3) is 0 Å². The molecular weight excluding hydrogens is 339 g/mol. The molecule has 0 aliphatic heterocycles. The van der Waals surface area contributed by atoms with E-state index in [1.807, 2.05) is 0 Å². The first kappa shape index (κ1) is 17.3. The van der Waals surface area contributed by atoms with Gasteiger partial charge < -0.3 is 15.2 Å². The molecule has 2 N–H and O–H groups in total. The van der Waals surface area contributed by atoms with Gasteiger partial charge in [0.1, 0.15) is 11.6 Å². The Morgan fingerprint density at radius 2 is 1.85 bits per heavy atom. The summed E-state index contributed by atoms with van der Waals surface area (Å²) in [7, 11) is 0. The third-order valence-electron chi connectivity index (χ3n) is 3.53. The summed E-state index contributed by atoms with van der Waals surface area (Å²) in [4.78, 5) is 28.3. The van der Waals surface area contributed by atoms with E-state index in [0.29, 0.717) is 11.3 Å². The van der Waals surface area contributed by atoms with Crippen LogP contribution in [0.1, 0.15) is 32.0 Å². The number of amides is 2. The molecule has 3 aromatic rings. The van der Waals surface area contributed by atoms with Crippen LogP contribution in [-0.2, 0) is 6.54 Å². The zero-order chi connectivity index (χ0) is 18.5. The number of halogens is 1. The Labute approximate surface area is 148 Å². The lowest BCUT2D eigenvalue weighted by molar-refractivity contribution is 0.0950. The molecule has 0 aliphatic rings. The predicted octanol–water partition coefficient (Wildman–Crippen LogP) is 2.70. The number of nitrogens with one attached hydrogen (secondary N) is 2. The summed E-state index contributed by atoms with van der Waals surface area (Å²) in [6, 6.07) is 9.12. The number of aryl methyl sites for hydroxylation is 1. The summed E-state index contributed by atoms with van der Waals surface area (Å²) in [5.41, 5.74) is 0.735. The number of hydrogen-bond acceptors (Lipinski definition) is 5. The van der Waals surface area contributed by atoms with Crippen LogP contribution in [0.15, 0.2) is 53.3 Å². The van der Waals surface area contributed by atoms with Crippen molar-refractivity contribution in [2.75, 3.05) is 5.32 Å². The number of carbonyl (C=O) groups is 2. The number of rotatable bonds is 5. The summed E-state index contributed by atoms with van der Waals surface area (Å²) >= 11 is 0. The number of benzene rings is 1. The maximum absolute atomic E-state index is 13.6. The molecular formula is C18H15FN4O3. The first-order valence-corrected chi connectivity index (χ1v) is 7.74. The fourth-order valence-corrected chi connectivity index (χ4v) is 2.22. The number of anilines is 1. The molecule has 0 saturated carbocycles. The topological polar surface area (TPSA) is 97.1 Å². The Hall–Kier alpha value is -3.55. The van der Waals surface area contributed by atoms with Gasteiger partial charge >= 0.3 is 0 Å². The van der Waals surface area contributed by atoms with E-state index in [1.165, 1.54) is 24.5 Å². The van der Waals surface area contributed by atoms with E-state index in [1.54, 1.807) is 31.2 Å². The van der Waals surface area contributed by atoms with Crippen molar-refractivity contribution >= 4 is 17.6 Å². The largest absolute Gasteiger partial charge is 0.360 e. The van der Waals surface area contributed by atoms with E-state index in [0.717, 1.165) is 0 Å². The van der Waals surface area contributed by atoms with Crippen molar-refractivity contribution in [3.8, 4) is 0 Å². The maximum atomic E-state index is 13.6. The van der Waals surface area contributed by atoms with Crippen molar-refractivity contribution < 1.29 is 18.5 Å². The quantitative estimate of drug-likeness (QED) is 0.734. The van der Waals surface area contributed by atoms with Gasteiger partial charge in [0.05, 0.1) is 11.1 Å². The number of carbonyl (C=O) groups excluding carboxylic acids is 2. The molecule has 2 aromatic heterocycles. The van der Waals surface area contributed by atoms with Gasteiger partial charge in [0, 0.05) is 30.6 Å². The first-order valence-electron chi connectivity index (χ1n) is 7.74. The van der Waals surface area contributed by atoms with Gasteiger partial charge in [-0.3, -0.25) is 14.6 Å². The molecule has 26 heavy (non-hydrogen) atoms. The van der Waals surface area contributed by atoms with E-state index in [-0.39, 0.29) is 23.5 Å². The van der Waals surface area contributed by atoms with E-state index < -0.39 is 17.6 Å². The lowest BCUT2D eigenvalue weighted by atomic mass is 10.1. The van der Waals surface area contributed by atoms with Crippen LogP contribution in [-0.4, -0.2) is 22.0 Å². The molecule has 0 unspecified atom stereocenters. The smallest absolute Gasteiger partial charge is 0.258 e. The minimum Gasteiger partial charge on any atom is -0.360 e. The van der Waals surface area contributed by atoms with E-state index >= 15 is 0 Å². The first-order chi connectivity index (χ1) is 12.5. The van der Waals surface area contributed by atoms with Crippen molar-refractivity contribution in [1.82, 2.24) is 15.5 Å². The van der Waals surface area contributed by atoms with Crippen molar-refractivity contribution in [1.29, 1.82) is 0 Å². The minimum atomic E-state index is -0.477. The molecule has 0 spiro atoms. The Bertz CT molecular complexity index is 955. The minimum absolute atomic E-state index is 0.0279. The van der Waals surface area contributed by atoms with Crippen LogP contribution >= 0.6 is 0 Å². The summed E-state index contributed by atoms with van der Waals surface area (Å²) in [6.07, 6.45) is 2.66. The second-order valence-corrected chi connectivity index (χ2v) is 5.51. The summed E-state index contributed by atoms with van der Waals surface area (Å²) in [5.74, 6) is -0.522. The Morgan fingerprint density at radius 1 is 1.12 bits per heavy atom. The van der Waals surface area contributed by atoms with Crippen molar-refractivity contribution in [2.45, 2.75) is 13.5 Å². The van der Waals surface area contributed by atoms with Gasteiger partial charge in [0.25, 0.3) is 11.8 Å². The zero-order valence-electron chi connectivity index (χ0n) is 13.8. The highest BCUT2D eigenvalue weighted by Crippen LogP contribution is 2.11. The van der Waals surface area contributed by atoms with Gasteiger partial charge in [-0.2, -0.15) is 0 Å². The summed E-state index contributed by atoms with van der Waals surface area (Å²) < 4.78 is 18.5. The second-order valence-electron chi connectivity index (χ2n) is 5.51. The zero-order valence-corrected chi connectivity index (χ0v) is 13.8. The lowest BCUT2D eigenvalue weighted by Crippen LogP contribution is -2.24. The molecule has 0 saturated heterocycles. The molecule has 3 rings (SSSR count). The van der Waals surface area contributed by atoms with Crippen LogP contribution in [0, 0.1) is 12.7 Å². The van der Waals surface area contributed by atoms with Gasteiger partial charge in [0.15, 0.2) is 5.82 Å². The molecule has 2 heterocycles. The van der Waals surface area contributed by atoms with Crippen molar-refractivity contribution in [2.24, 2.45) is 0 Å². The molecule has 2 amide bonds. The molecule has 8 heteroatoms. The highest BCUT2D eigenvalue weighted by atomic mass is 19.1. The number of aromatic nitrogens is 2. The molecule has 1 aromatic carbocycles. The molecule has 132 valence electrons. The lowest BCUT2D eigenvalue weighted by Gasteiger charge is -2.07. The van der Waals surface area contributed by atoms with Crippen LogP contribution in [0.5, 0.6) is 0 Å². The molecule has 0 radical (unpaired) electrons. The predicted molar refractivity (Wildman–Crippen MR) is 91.0 cm³/mol. The SMILES string of the molecule is Cc1cc(NC(=O)c2cncc(C(=O)NCc3ccccc3F)c2)no1. The van der Waals surface area contributed by atoms with Crippen molar-refractivity contribution in [3.05, 3.63) is 77.1 Å². The average Bonchev–Trinajstić information content (AvgIpc) is 3.05. The normalized spacial score (nSPS) is 10.4. The second kappa shape index (κ2) is 7.56. The standard InChI is InChI=1S/C18H15FN4O3/c1-11-6-16(23-26-11)22-18(25)14-7-13(8-20-9-14)17(24)21-10-12-4-2-3-5-15(12)19/h2-9H,10H2,1H3,(H,21,24)(H,22,23,25). The van der Waals surface area contributed by atoms with E-state index in [9.17, 15) is 14.0 Å². The molecule has 7 nitrogen and oxygen atoms in total. The molecule has 0 atom stereocenters. The fraction of sp³-hybridized carbons (Fsp3) is 0.111. The number of nitrogens with zero attached hydrogens (tertiary/aromatic N) is 2. The Morgan fingerprint density at radius 3 is 2.54 bits per heavy atom. The van der Waals surface area contributed by atoms with Crippen LogP contribution in [0.3, 0.4) is 0 Å². The van der Waals surface area contributed by atoms with Crippen LogP contribution in [0.4, 0.5) is 10.2 Å². The average molecular weight is 354 g/mol. The van der Waals surface area contributed by atoms with Gasteiger partial charge in [-0.25, -0.2) is 4.39 Å². The van der Waals surface area contributed by atoms with Gasteiger partial charge in [-0.1, -0.05) is 23.4 Å². The van der Waals surface area contributed by atoms with E-state index in [2.05, 4.69) is 20.8 Å². The third kappa shape index (κ3) is 4.10. The van der Waals surface area contributed by atoms with Gasteiger partial charge in [0.2, 0.25) is 0 Å². The molecule has 0 fully saturated rings. The third-order valence-corrected chi connectivity index (χ3v) is 3.53. The van der Waals surface area contributed by atoms with Gasteiger partial charge in [-0.05, 0) is 19.1 Å². The summed E-state index contributed by atoms with van der Waals surface area (Å²) in [5, 5.41) is 8.81. The molecule has 0 aliphatic carbocycles. The van der Waals surface area contributed by atoms with Gasteiger partial charge in [-0.15, -0.1) is 0 Å². The highest BCUT2D eigenvalue weighted by Gasteiger charge is 2.13. The van der Waals surface area contributed by atoms with E-state index in [4.69, 9.17) is 4.52 Å².